The molecule has 0 saturated carbocycles. The summed E-state index contributed by atoms with van der Waals surface area (Å²) in [4.78, 5) is 11.0. The van der Waals surface area contributed by atoms with Crippen molar-refractivity contribution in [2.75, 3.05) is 12.9 Å². The first-order valence-electron chi connectivity index (χ1n) is 5.21. The fourth-order valence-corrected chi connectivity index (χ4v) is 2.26. The summed E-state index contributed by atoms with van der Waals surface area (Å²) >= 11 is 0. The number of ether oxygens (including phenoxy) is 1. The molecule has 0 aliphatic carbocycles. The van der Waals surface area contributed by atoms with Gasteiger partial charge in [-0.05, 0) is 18.6 Å². The third-order valence-electron chi connectivity index (χ3n) is 2.09. The first-order chi connectivity index (χ1) is 8.36. The average molecular weight is 269 g/mol. The molecule has 0 aliphatic heterocycles. The molecule has 0 saturated heterocycles. The van der Waals surface area contributed by atoms with Crippen LogP contribution in [0.3, 0.4) is 0 Å². The van der Waals surface area contributed by atoms with Gasteiger partial charge in [-0.15, -0.1) is 0 Å². The molecule has 0 bridgehead atoms. The van der Waals surface area contributed by atoms with Crippen molar-refractivity contribution in [3.63, 3.8) is 0 Å². The Morgan fingerprint density at radius 2 is 2.00 bits per heavy atom. The highest BCUT2D eigenvalue weighted by Gasteiger charge is 2.12. The van der Waals surface area contributed by atoms with Crippen molar-refractivity contribution in [1.82, 2.24) is 0 Å². The van der Waals surface area contributed by atoms with Crippen LogP contribution in [0.5, 0.6) is 0 Å². The van der Waals surface area contributed by atoms with E-state index in [-0.39, 0.29) is 17.1 Å². The molecule has 1 aromatic carbocycles. The Morgan fingerprint density at radius 1 is 1.39 bits per heavy atom. The van der Waals surface area contributed by atoms with Crippen molar-refractivity contribution in [2.24, 2.45) is 0 Å². The summed E-state index contributed by atoms with van der Waals surface area (Å²) < 4.78 is 27.6. The zero-order chi connectivity index (χ0) is 13.8. The second-order valence-electron chi connectivity index (χ2n) is 3.53. The van der Waals surface area contributed by atoms with E-state index in [2.05, 4.69) is 4.74 Å². The number of carbonyl (C=O) groups excluding carboxylic acids is 1. The third-order valence-corrected chi connectivity index (χ3v) is 3.24. The molecular formula is C12H13O5S-. The van der Waals surface area contributed by atoms with Gasteiger partial charge in [0.25, 0.3) is 0 Å². The normalized spacial score (nSPS) is 12.2. The van der Waals surface area contributed by atoms with Gasteiger partial charge in [0, 0.05) is 12.3 Å². The molecule has 0 amide bonds. The quantitative estimate of drug-likeness (QED) is 0.447. The molecule has 0 aromatic heterocycles. The molecule has 0 N–H and O–H groups in total. The number of hydrogen-bond donors (Lipinski definition) is 0. The Bertz CT molecular complexity index is 572. The summed E-state index contributed by atoms with van der Waals surface area (Å²) in [6.07, 6.45) is 1.75. The number of benzene rings is 1. The van der Waals surface area contributed by atoms with Gasteiger partial charge >= 0.3 is 5.97 Å². The van der Waals surface area contributed by atoms with Crippen LogP contribution in [0.4, 0.5) is 0 Å². The highest BCUT2D eigenvalue weighted by atomic mass is 32.2. The van der Waals surface area contributed by atoms with E-state index in [1.165, 1.54) is 24.3 Å². The standard InChI is InChI=1S/C12H14O5S/c1-3-17-12(14)8-10(13)9-6-4-5-7-11(9)18(2,15)16/h4-8,13H,3H2,1-2H3/p-1/b10-8-. The van der Waals surface area contributed by atoms with E-state index in [4.69, 9.17) is 0 Å². The van der Waals surface area contributed by atoms with Gasteiger partial charge in [-0.2, -0.15) is 0 Å². The highest BCUT2D eigenvalue weighted by Crippen LogP contribution is 2.19. The molecule has 1 aromatic rings. The molecule has 0 atom stereocenters. The fourth-order valence-electron chi connectivity index (χ4n) is 1.36. The number of rotatable bonds is 4. The second kappa shape index (κ2) is 5.68. The van der Waals surface area contributed by atoms with Gasteiger partial charge < -0.3 is 9.84 Å². The Hall–Kier alpha value is -1.82. The van der Waals surface area contributed by atoms with Gasteiger partial charge in [-0.3, -0.25) is 0 Å². The lowest BCUT2D eigenvalue weighted by Crippen LogP contribution is -2.11. The minimum atomic E-state index is -3.52. The minimum Gasteiger partial charge on any atom is -0.872 e. The first-order valence-corrected chi connectivity index (χ1v) is 7.10. The molecule has 6 heteroatoms. The van der Waals surface area contributed by atoms with E-state index in [1.54, 1.807) is 6.92 Å². The Labute approximate surface area is 106 Å². The zero-order valence-electron chi connectivity index (χ0n) is 10.0. The van der Waals surface area contributed by atoms with Gasteiger partial charge in [-0.1, -0.05) is 24.0 Å². The Morgan fingerprint density at radius 3 is 2.56 bits per heavy atom. The molecule has 98 valence electrons. The zero-order valence-corrected chi connectivity index (χ0v) is 10.9. The van der Waals surface area contributed by atoms with Crippen LogP contribution in [0.2, 0.25) is 0 Å². The monoisotopic (exact) mass is 269 g/mol. The van der Waals surface area contributed by atoms with Crippen LogP contribution in [0.25, 0.3) is 5.76 Å². The summed E-state index contributed by atoms with van der Waals surface area (Å²) in [5.41, 5.74) is -0.0342. The number of sulfone groups is 1. The predicted octanol–water partition coefficient (Wildman–Crippen LogP) is 0.354. The molecule has 5 nitrogen and oxygen atoms in total. The lowest BCUT2D eigenvalue weighted by Gasteiger charge is -2.15. The van der Waals surface area contributed by atoms with Crippen LogP contribution in [0.1, 0.15) is 12.5 Å². The Kier molecular flexibility index (Phi) is 4.49. The average Bonchev–Trinajstić information content (AvgIpc) is 2.28. The van der Waals surface area contributed by atoms with E-state index in [0.717, 1.165) is 12.3 Å². The number of hydrogen-bond acceptors (Lipinski definition) is 5. The Balaban J connectivity index is 3.22. The smallest absolute Gasteiger partial charge is 0.330 e. The maximum absolute atomic E-state index is 11.8. The third kappa shape index (κ3) is 3.59. The van der Waals surface area contributed by atoms with E-state index in [1.807, 2.05) is 0 Å². The first kappa shape index (κ1) is 14.2. The van der Waals surface area contributed by atoms with E-state index in [0.29, 0.717) is 0 Å². The molecule has 0 heterocycles. The molecule has 18 heavy (non-hydrogen) atoms. The summed E-state index contributed by atoms with van der Waals surface area (Å²) in [6.45, 7) is 1.76. The fraction of sp³-hybridized carbons (Fsp3) is 0.250. The summed E-state index contributed by atoms with van der Waals surface area (Å²) in [5.74, 6) is -1.47. The minimum absolute atomic E-state index is 0.0342. The van der Waals surface area contributed by atoms with Gasteiger partial charge in [0.05, 0.1) is 11.5 Å². The van der Waals surface area contributed by atoms with E-state index in [9.17, 15) is 18.3 Å². The van der Waals surface area contributed by atoms with Gasteiger partial charge in [0.15, 0.2) is 9.84 Å². The van der Waals surface area contributed by atoms with Crippen LogP contribution in [0, 0.1) is 0 Å². The van der Waals surface area contributed by atoms with Gasteiger partial charge in [-0.25, -0.2) is 13.2 Å². The van der Waals surface area contributed by atoms with Crippen molar-refractivity contribution in [2.45, 2.75) is 11.8 Å². The summed E-state index contributed by atoms with van der Waals surface area (Å²) in [7, 11) is -3.52. The lowest BCUT2D eigenvalue weighted by molar-refractivity contribution is -0.244. The van der Waals surface area contributed by atoms with Crippen molar-refractivity contribution in [3.05, 3.63) is 35.9 Å². The second-order valence-corrected chi connectivity index (χ2v) is 5.51. The molecule has 0 fully saturated rings. The molecular weight excluding hydrogens is 256 g/mol. The van der Waals surface area contributed by atoms with Crippen molar-refractivity contribution in [3.8, 4) is 0 Å². The highest BCUT2D eigenvalue weighted by molar-refractivity contribution is 7.90. The maximum Gasteiger partial charge on any atom is 0.330 e. The van der Waals surface area contributed by atoms with Crippen molar-refractivity contribution >= 4 is 21.6 Å². The molecule has 0 spiro atoms. The number of esters is 1. The van der Waals surface area contributed by atoms with Crippen LogP contribution >= 0.6 is 0 Å². The van der Waals surface area contributed by atoms with Crippen molar-refractivity contribution in [1.29, 1.82) is 0 Å². The van der Waals surface area contributed by atoms with Crippen LogP contribution < -0.4 is 5.11 Å². The molecule has 0 aliphatic rings. The van der Waals surface area contributed by atoms with E-state index >= 15 is 0 Å². The van der Waals surface area contributed by atoms with Gasteiger partial charge in [0.2, 0.25) is 0 Å². The SMILES string of the molecule is CCOC(=O)/C=C(\[O-])c1ccccc1S(C)(=O)=O. The largest absolute Gasteiger partial charge is 0.872 e. The lowest BCUT2D eigenvalue weighted by atomic mass is 10.2. The summed E-state index contributed by atoms with van der Waals surface area (Å²) in [6, 6.07) is 5.72. The molecule has 0 radical (unpaired) electrons. The van der Waals surface area contributed by atoms with Crippen LogP contribution in [0.15, 0.2) is 35.2 Å². The molecule has 1 rings (SSSR count). The van der Waals surface area contributed by atoms with Gasteiger partial charge in [0.1, 0.15) is 0 Å². The summed E-state index contributed by atoms with van der Waals surface area (Å²) in [5, 5.41) is 11.8. The van der Waals surface area contributed by atoms with Crippen LogP contribution in [-0.2, 0) is 19.4 Å². The molecule has 0 unspecified atom stereocenters. The number of carbonyl (C=O) groups is 1. The van der Waals surface area contributed by atoms with Crippen molar-refractivity contribution < 1.29 is 23.1 Å². The maximum atomic E-state index is 11.8. The van der Waals surface area contributed by atoms with Crippen LogP contribution in [-0.4, -0.2) is 27.2 Å². The predicted molar refractivity (Wildman–Crippen MR) is 64.2 cm³/mol. The topological polar surface area (TPSA) is 83.5 Å². The van der Waals surface area contributed by atoms with E-state index < -0.39 is 21.6 Å².